The van der Waals surface area contributed by atoms with E-state index in [0.717, 1.165) is 24.1 Å². The van der Waals surface area contributed by atoms with Crippen LogP contribution in [0.5, 0.6) is 0 Å². The van der Waals surface area contributed by atoms with Gasteiger partial charge in [-0.05, 0) is 0 Å². The fourth-order valence-corrected chi connectivity index (χ4v) is 8.86. The first-order chi connectivity index (χ1) is 13.7. The van der Waals surface area contributed by atoms with Gasteiger partial charge in [-0.15, -0.1) is 0 Å². The van der Waals surface area contributed by atoms with Crippen LogP contribution in [0.15, 0.2) is 101 Å². The molecule has 0 amide bonds. The van der Waals surface area contributed by atoms with Crippen LogP contribution < -0.4 is 15.9 Å². The monoisotopic (exact) mass is 386 g/mol. The van der Waals surface area contributed by atoms with E-state index < -0.39 is 7.26 Å². The van der Waals surface area contributed by atoms with Crippen LogP contribution in [0.25, 0.3) is 0 Å². The minimum absolute atomic E-state index is 0.922. The molecular weight excluding hydrogens is 359 g/mol. The summed E-state index contributed by atoms with van der Waals surface area (Å²) in [6, 6.07) is 35.3. The third-order valence-corrected chi connectivity index (χ3v) is 10.5. The van der Waals surface area contributed by atoms with E-state index in [-0.39, 0.29) is 0 Å². The van der Waals surface area contributed by atoms with Crippen molar-refractivity contribution in [2.45, 2.75) is 26.4 Å². The summed E-state index contributed by atoms with van der Waals surface area (Å²) in [6.45, 7) is 4.27. The van der Waals surface area contributed by atoms with Gasteiger partial charge in [0.2, 0.25) is 0 Å². The van der Waals surface area contributed by atoms with Gasteiger partial charge in [-0.25, -0.2) is 0 Å². The predicted octanol–water partition coefficient (Wildman–Crippen LogP) is 5.38. The van der Waals surface area contributed by atoms with Crippen molar-refractivity contribution >= 4 is 23.2 Å². The Kier molecular flexibility index (Phi) is 5.46. The first-order valence-electron chi connectivity index (χ1n) is 9.99. The van der Waals surface area contributed by atoms with E-state index in [0.29, 0.717) is 0 Å². The van der Waals surface area contributed by atoms with Crippen molar-refractivity contribution in [3.8, 4) is 0 Å². The zero-order valence-corrected chi connectivity index (χ0v) is 17.6. The topological polar surface area (TPSA) is 13.1 Å². The zero-order valence-electron chi connectivity index (χ0n) is 16.6. The molecule has 0 spiro atoms. The third kappa shape index (κ3) is 3.43. The number of aryl methyl sites for hydroxylation is 2. The van der Waals surface area contributed by atoms with Crippen LogP contribution in [-0.4, -0.2) is 0 Å². The molecule has 0 saturated heterocycles. The summed E-state index contributed by atoms with van der Waals surface area (Å²) in [5, 5.41) is 4.25. The quantitative estimate of drug-likeness (QED) is 0.406. The van der Waals surface area contributed by atoms with E-state index in [1.807, 2.05) is 0 Å². The fraction of sp³-hybridized carbons (Fsp3) is 0.154. The third-order valence-electron chi connectivity index (χ3n) is 5.69. The van der Waals surface area contributed by atoms with Crippen LogP contribution in [-0.2, 0) is 12.6 Å². The Labute approximate surface area is 168 Å². The van der Waals surface area contributed by atoms with Gasteiger partial charge in [0.1, 0.15) is 0 Å². The minimum atomic E-state index is -2.28. The molecule has 4 rings (SSSR count). The van der Waals surface area contributed by atoms with Crippen molar-refractivity contribution in [3.63, 3.8) is 0 Å². The Morgan fingerprint density at radius 2 is 1.11 bits per heavy atom. The van der Waals surface area contributed by atoms with Gasteiger partial charge >= 0.3 is 168 Å². The standard InChI is InChI=1S/C26H27OP/c1-3-22-19-23(27-21(22)2)20-28(24-13-7-4-8-14-24,25-15-9-5-10-16-25)26-17-11-6-12-18-26/h4-19,28H,3,20H2,1-2H3. The molecule has 0 bridgehead atoms. The molecule has 1 nitrogen and oxygen atoms in total. The molecule has 0 N–H and O–H groups in total. The number of furan rings is 1. The molecule has 0 saturated carbocycles. The van der Waals surface area contributed by atoms with Crippen molar-refractivity contribution in [1.82, 2.24) is 0 Å². The van der Waals surface area contributed by atoms with Crippen molar-refractivity contribution < 1.29 is 4.42 Å². The first-order valence-corrected chi connectivity index (χ1v) is 12.2. The van der Waals surface area contributed by atoms with Crippen LogP contribution in [0.1, 0.15) is 24.0 Å². The van der Waals surface area contributed by atoms with Gasteiger partial charge < -0.3 is 0 Å². The second-order valence-electron chi connectivity index (χ2n) is 7.33. The molecule has 0 atom stereocenters. The molecular formula is C26H27OP. The van der Waals surface area contributed by atoms with Crippen LogP contribution in [0.4, 0.5) is 0 Å². The molecule has 0 radical (unpaired) electrons. The van der Waals surface area contributed by atoms with Gasteiger partial charge in [-0.1, -0.05) is 0 Å². The summed E-state index contributed by atoms with van der Waals surface area (Å²) in [4.78, 5) is 0. The maximum atomic E-state index is 6.26. The van der Waals surface area contributed by atoms with Crippen molar-refractivity contribution in [2.24, 2.45) is 0 Å². The molecule has 1 aromatic heterocycles. The molecule has 0 aliphatic rings. The van der Waals surface area contributed by atoms with Crippen LogP contribution >= 0.6 is 7.26 Å². The summed E-state index contributed by atoms with van der Waals surface area (Å²) in [5.41, 5.74) is 1.31. The summed E-state index contributed by atoms with van der Waals surface area (Å²) >= 11 is 0. The molecule has 1 heterocycles. The Morgan fingerprint density at radius 1 is 0.679 bits per heavy atom. The van der Waals surface area contributed by atoms with Crippen molar-refractivity contribution in [3.05, 3.63) is 114 Å². The van der Waals surface area contributed by atoms with E-state index in [9.17, 15) is 0 Å². The van der Waals surface area contributed by atoms with Gasteiger partial charge in [0.05, 0.1) is 0 Å². The maximum absolute atomic E-state index is 6.26. The second kappa shape index (κ2) is 8.17. The molecule has 2 heteroatoms. The zero-order chi connectivity index (χ0) is 19.4. The Morgan fingerprint density at radius 3 is 1.46 bits per heavy atom. The Bertz CT molecular complexity index is 923. The molecule has 0 aliphatic carbocycles. The number of hydrogen-bond acceptors (Lipinski definition) is 1. The SMILES string of the molecule is CCc1cc(C[PH](c2ccccc2)(c2ccccc2)c2ccccc2)oc1C. The van der Waals surface area contributed by atoms with Crippen LogP contribution in [0.2, 0.25) is 0 Å². The summed E-state index contributed by atoms with van der Waals surface area (Å²) in [5.74, 6) is 2.15. The van der Waals surface area contributed by atoms with E-state index >= 15 is 0 Å². The fourth-order valence-electron chi connectivity index (χ4n) is 4.26. The van der Waals surface area contributed by atoms with Crippen LogP contribution in [0, 0.1) is 6.92 Å². The molecule has 142 valence electrons. The van der Waals surface area contributed by atoms with Gasteiger partial charge in [-0.3, -0.25) is 0 Å². The van der Waals surface area contributed by atoms with Crippen molar-refractivity contribution in [1.29, 1.82) is 0 Å². The average molecular weight is 386 g/mol. The molecule has 0 unspecified atom stereocenters. The average Bonchev–Trinajstić information content (AvgIpc) is 3.13. The molecule has 0 aliphatic heterocycles. The Balaban J connectivity index is 1.97. The second-order valence-corrected chi connectivity index (χ2v) is 11.2. The van der Waals surface area contributed by atoms with E-state index in [1.54, 1.807) is 0 Å². The first kappa shape index (κ1) is 18.7. The summed E-state index contributed by atoms with van der Waals surface area (Å²) in [6.07, 6.45) is 1.93. The molecule has 4 aromatic rings. The molecule has 28 heavy (non-hydrogen) atoms. The van der Waals surface area contributed by atoms with E-state index in [2.05, 4.69) is 111 Å². The molecule has 3 aromatic carbocycles. The number of rotatable bonds is 6. The normalized spacial score (nSPS) is 12.1. The van der Waals surface area contributed by atoms with Gasteiger partial charge in [0.15, 0.2) is 0 Å². The summed E-state index contributed by atoms with van der Waals surface area (Å²) in [7, 11) is -2.28. The van der Waals surface area contributed by atoms with Crippen molar-refractivity contribution in [2.75, 3.05) is 0 Å². The van der Waals surface area contributed by atoms with Gasteiger partial charge in [-0.2, -0.15) is 0 Å². The van der Waals surface area contributed by atoms with Gasteiger partial charge in [0, 0.05) is 0 Å². The molecule has 0 fully saturated rings. The number of hydrogen-bond donors (Lipinski definition) is 0. The summed E-state index contributed by atoms with van der Waals surface area (Å²) < 4.78 is 6.26. The number of benzene rings is 3. The van der Waals surface area contributed by atoms with Crippen LogP contribution in [0.3, 0.4) is 0 Å². The van der Waals surface area contributed by atoms with E-state index in [1.165, 1.54) is 21.5 Å². The Hall–Kier alpha value is -2.63. The van der Waals surface area contributed by atoms with Gasteiger partial charge in [0.25, 0.3) is 0 Å². The van der Waals surface area contributed by atoms with E-state index in [4.69, 9.17) is 4.42 Å². The predicted molar refractivity (Wildman–Crippen MR) is 123 cm³/mol.